The summed E-state index contributed by atoms with van der Waals surface area (Å²) >= 11 is 0. The van der Waals surface area contributed by atoms with Gasteiger partial charge >= 0.3 is 0 Å². The summed E-state index contributed by atoms with van der Waals surface area (Å²) in [5.74, 6) is 0.574. The number of aryl methyl sites for hydroxylation is 2. The van der Waals surface area contributed by atoms with Gasteiger partial charge in [0.1, 0.15) is 5.82 Å². The first-order chi connectivity index (χ1) is 12.1. The zero-order valence-electron chi connectivity index (χ0n) is 14.3. The maximum Gasteiger partial charge on any atom is 0.289 e. The molecule has 5 nitrogen and oxygen atoms in total. The number of carbonyl (C=O) groups excluding carboxylic acids is 1. The minimum absolute atomic E-state index is 0.155. The monoisotopic (exact) mass is 341 g/mol. The van der Waals surface area contributed by atoms with Crippen molar-refractivity contribution < 1.29 is 13.6 Å². The van der Waals surface area contributed by atoms with Crippen molar-refractivity contribution in [1.82, 2.24) is 14.5 Å². The molecular formula is C19H20FN3O2. The normalized spacial score (nSPS) is 18.0. The highest BCUT2D eigenvalue weighted by molar-refractivity contribution is 5.99. The van der Waals surface area contributed by atoms with Crippen LogP contribution in [0.4, 0.5) is 4.39 Å². The van der Waals surface area contributed by atoms with Crippen LogP contribution in [0.1, 0.15) is 40.8 Å². The number of aromatic nitrogens is 2. The van der Waals surface area contributed by atoms with Crippen LogP contribution in [-0.4, -0.2) is 33.4 Å². The fourth-order valence-corrected chi connectivity index (χ4v) is 3.70. The number of nitrogens with zero attached hydrogens (tertiary/aromatic N) is 3. The number of likely N-dealkylation sites (tertiary alicyclic amines) is 1. The molecule has 25 heavy (non-hydrogen) atoms. The molecule has 1 aliphatic heterocycles. The lowest BCUT2D eigenvalue weighted by atomic mass is 10.0. The zero-order chi connectivity index (χ0) is 17.6. The topological polar surface area (TPSA) is 51.3 Å². The summed E-state index contributed by atoms with van der Waals surface area (Å²) in [6.07, 6.45) is 5.66. The van der Waals surface area contributed by atoms with Crippen molar-refractivity contribution >= 4 is 16.9 Å². The third-order valence-electron chi connectivity index (χ3n) is 5.05. The van der Waals surface area contributed by atoms with Gasteiger partial charge in [-0.1, -0.05) is 12.1 Å². The van der Waals surface area contributed by atoms with E-state index in [0.717, 1.165) is 18.7 Å². The Kier molecular flexibility index (Phi) is 3.82. The summed E-state index contributed by atoms with van der Waals surface area (Å²) in [5.41, 5.74) is 0.850. The Balaban J connectivity index is 1.64. The van der Waals surface area contributed by atoms with Crippen LogP contribution in [0.15, 0.2) is 35.0 Å². The van der Waals surface area contributed by atoms with Crippen molar-refractivity contribution in [2.45, 2.75) is 32.7 Å². The lowest BCUT2D eigenvalue weighted by molar-refractivity contribution is 0.0647. The zero-order valence-corrected chi connectivity index (χ0v) is 14.3. The second-order valence-corrected chi connectivity index (χ2v) is 6.60. The van der Waals surface area contributed by atoms with Crippen LogP contribution in [0.3, 0.4) is 0 Å². The molecular weight excluding hydrogens is 321 g/mol. The molecule has 0 N–H and O–H groups in total. The maximum atomic E-state index is 13.9. The van der Waals surface area contributed by atoms with Crippen molar-refractivity contribution in [3.8, 4) is 0 Å². The predicted octanol–water partition coefficient (Wildman–Crippen LogP) is 3.86. The molecule has 1 amide bonds. The summed E-state index contributed by atoms with van der Waals surface area (Å²) in [7, 11) is 0. The summed E-state index contributed by atoms with van der Waals surface area (Å²) < 4.78 is 21.7. The number of halogens is 1. The first-order valence-electron chi connectivity index (χ1n) is 8.52. The highest BCUT2D eigenvalue weighted by Gasteiger charge is 2.29. The van der Waals surface area contributed by atoms with Crippen LogP contribution in [0.2, 0.25) is 0 Å². The highest BCUT2D eigenvalue weighted by Crippen LogP contribution is 2.30. The quantitative estimate of drug-likeness (QED) is 0.711. The first kappa shape index (κ1) is 15.9. The third-order valence-corrected chi connectivity index (χ3v) is 5.05. The average Bonchev–Trinajstić information content (AvgIpc) is 3.19. The Labute approximate surface area is 145 Å². The summed E-state index contributed by atoms with van der Waals surface area (Å²) in [4.78, 5) is 19.1. The van der Waals surface area contributed by atoms with E-state index in [1.54, 1.807) is 30.2 Å². The molecule has 1 fully saturated rings. The molecule has 6 heteroatoms. The van der Waals surface area contributed by atoms with Crippen molar-refractivity contribution in [2.75, 3.05) is 13.1 Å². The van der Waals surface area contributed by atoms with E-state index in [0.29, 0.717) is 24.0 Å². The number of piperidine rings is 1. The number of para-hydroxylation sites is 1. The fraction of sp³-hybridized carbons (Fsp3) is 0.368. The van der Waals surface area contributed by atoms with Crippen LogP contribution in [-0.2, 0) is 0 Å². The SMILES string of the molecule is Cc1c(C(=O)N2CCCC(n3ccnc3C)C2)oc2c(F)cccc12. The Hall–Kier alpha value is -2.63. The van der Waals surface area contributed by atoms with Crippen LogP contribution in [0.25, 0.3) is 11.0 Å². The molecule has 1 aliphatic rings. The van der Waals surface area contributed by atoms with E-state index in [1.807, 2.05) is 13.1 Å². The van der Waals surface area contributed by atoms with Crippen LogP contribution >= 0.6 is 0 Å². The number of furan rings is 1. The van der Waals surface area contributed by atoms with Gasteiger partial charge in [-0.15, -0.1) is 0 Å². The van der Waals surface area contributed by atoms with Crippen LogP contribution in [0, 0.1) is 19.7 Å². The number of rotatable bonds is 2. The van der Waals surface area contributed by atoms with Gasteiger partial charge in [-0.25, -0.2) is 9.37 Å². The average molecular weight is 341 g/mol. The molecule has 0 aliphatic carbocycles. The molecule has 2 aromatic heterocycles. The van der Waals surface area contributed by atoms with E-state index in [1.165, 1.54) is 6.07 Å². The van der Waals surface area contributed by atoms with Gasteiger partial charge < -0.3 is 13.9 Å². The van der Waals surface area contributed by atoms with E-state index in [9.17, 15) is 9.18 Å². The minimum atomic E-state index is -0.440. The van der Waals surface area contributed by atoms with Gasteiger partial charge in [0.25, 0.3) is 5.91 Å². The molecule has 1 unspecified atom stereocenters. The van der Waals surface area contributed by atoms with E-state index in [4.69, 9.17) is 4.42 Å². The van der Waals surface area contributed by atoms with Gasteiger partial charge in [-0.3, -0.25) is 4.79 Å². The van der Waals surface area contributed by atoms with Gasteiger partial charge in [0, 0.05) is 36.4 Å². The molecule has 1 saturated heterocycles. The standard InChI is InChI=1S/C19H20FN3O2/c1-12-15-6-3-7-16(20)18(15)25-17(12)19(24)22-9-4-5-14(11-22)23-10-8-21-13(23)2/h3,6-8,10,14H,4-5,9,11H2,1-2H3. The number of hydrogen-bond acceptors (Lipinski definition) is 3. The lowest BCUT2D eigenvalue weighted by Crippen LogP contribution is -2.40. The number of hydrogen-bond donors (Lipinski definition) is 0. The van der Waals surface area contributed by atoms with Crippen LogP contribution < -0.4 is 0 Å². The van der Waals surface area contributed by atoms with E-state index in [2.05, 4.69) is 9.55 Å². The van der Waals surface area contributed by atoms with Crippen molar-refractivity contribution in [1.29, 1.82) is 0 Å². The van der Waals surface area contributed by atoms with E-state index < -0.39 is 5.82 Å². The van der Waals surface area contributed by atoms with Gasteiger partial charge in [0.05, 0.1) is 6.04 Å². The Morgan fingerprint density at radius 2 is 2.20 bits per heavy atom. The first-order valence-corrected chi connectivity index (χ1v) is 8.52. The Bertz CT molecular complexity index is 943. The molecule has 0 radical (unpaired) electrons. The molecule has 4 rings (SSSR count). The fourth-order valence-electron chi connectivity index (χ4n) is 3.70. The number of amides is 1. The molecule has 0 saturated carbocycles. The lowest BCUT2D eigenvalue weighted by Gasteiger charge is -2.33. The number of benzene rings is 1. The maximum absolute atomic E-state index is 13.9. The Morgan fingerprint density at radius 1 is 1.36 bits per heavy atom. The van der Waals surface area contributed by atoms with Gasteiger partial charge in [0.15, 0.2) is 17.2 Å². The number of carbonyl (C=O) groups is 1. The summed E-state index contributed by atoms with van der Waals surface area (Å²) in [6, 6.07) is 4.97. The second-order valence-electron chi connectivity index (χ2n) is 6.60. The second kappa shape index (κ2) is 6.02. The smallest absolute Gasteiger partial charge is 0.289 e. The van der Waals surface area contributed by atoms with Crippen molar-refractivity contribution in [2.24, 2.45) is 0 Å². The molecule has 0 bridgehead atoms. The molecule has 1 atom stereocenters. The van der Waals surface area contributed by atoms with Gasteiger partial charge in [-0.2, -0.15) is 0 Å². The molecule has 0 spiro atoms. The van der Waals surface area contributed by atoms with E-state index >= 15 is 0 Å². The largest absolute Gasteiger partial charge is 0.448 e. The van der Waals surface area contributed by atoms with Crippen LogP contribution in [0.5, 0.6) is 0 Å². The molecule has 3 heterocycles. The van der Waals surface area contributed by atoms with Gasteiger partial charge in [0.2, 0.25) is 0 Å². The summed E-state index contributed by atoms with van der Waals surface area (Å²) in [5, 5.41) is 0.655. The molecule has 130 valence electrons. The third kappa shape index (κ3) is 2.62. The predicted molar refractivity (Wildman–Crippen MR) is 92.0 cm³/mol. The number of fused-ring (bicyclic) bond motifs is 1. The molecule has 3 aromatic rings. The van der Waals surface area contributed by atoms with E-state index in [-0.39, 0.29) is 23.3 Å². The number of imidazole rings is 1. The molecule has 1 aromatic carbocycles. The summed E-state index contributed by atoms with van der Waals surface area (Å²) in [6.45, 7) is 5.06. The van der Waals surface area contributed by atoms with Gasteiger partial charge in [-0.05, 0) is 32.8 Å². The Morgan fingerprint density at radius 3 is 2.92 bits per heavy atom. The van der Waals surface area contributed by atoms with Crippen molar-refractivity contribution in [3.63, 3.8) is 0 Å². The highest BCUT2D eigenvalue weighted by atomic mass is 19.1. The van der Waals surface area contributed by atoms with Crippen molar-refractivity contribution in [3.05, 3.63) is 53.6 Å². The minimum Gasteiger partial charge on any atom is -0.448 e.